The monoisotopic (exact) mass is 217 g/mol. The van der Waals surface area contributed by atoms with Gasteiger partial charge >= 0.3 is 0 Å². The Hall–Kier alpha value is -0.610. The van der Waals surface area contributed by atoms with Gasteiger partial charge in [0.05, 0.1) is 6.54 Å². The summed E-state index contributed by atoms with van der Waals surface area (Å²) in [4.78, 5) is 1.17. The lowest BCUT2D eigenvalue weighted by Gasteiger charge is -2.03. The largest absolute Gasteiger partial charge is 0.311 e. The second-order valence-electron chi connectivity index (χ2n) is 2.76. The summed E-state index contributed by atoms with van der Waals surface area (Å²) >= 11 is 1.66. The molecule has 1 nitrogen and oxygen atoms in total. The minimum atomic E-state index is -2.25. The molecule has 1 rings (SSSR count). The Labute approximate surface area is 86.9 Å². The molecule has 0 radical (unpaired) electrons. The van der Waals surface area contributed by atoms with E-state index in [4.69, 9.17) is 0 Å². The summed E-state index contributed by atoms with van der Waals surface area (Å²) in [5, 5.41) is 2.68. The van der Waals surface area contributed by atoms with Gasteiger partial charge in [0.25, 0.3) is 6.43 Å². The lowest BCUT2D eigenvalue weighted by atomic mass is 10.4. The molecule has 1 aromatic carbocycles. The fourth-order valence-corrected chi connectivity index (χ4v) is 1.80. The van der Waals surface area contributed by atoms with Gasteiger partial charge in [-0.05, 0) is 12.1 Å². The summed E-state index contributed by atoms with van der Waals surface area (Å²) in [6.07, 6.45) is -2.25. The molecule has 14 heavy (non-hydrogen) atoms. The van der Waals surface area contributed by atoms with Crippen LogP contribution in [0.3, 0.4) is 0 Å². The van der Waals surface area contributed by atoms with Crippen LogP contribution in [-0.2, 0) is 0 Å². The molecule has 0 fully saturated rings. The molecule has 0 atom stereocenters. The van der Waals surface area contributed by atoms with Crippen molar-refractivity contribution in [2.45, 2.75) is 11.3 Å². The van der Waals surface area contributed by atoms with Crippen LogP contribution in [-0.4, -0.2) is 25.3 Å². The van der Waals surface area contributed by atoms with Crippen molar-refractivity contribution in [1.82, 2.24) is 5.32 Å². The van der Waals surface area contributed by atoms with Crippen LogP contribution >= 0.6 is 11.8 Å². The molecule has 0 bridgehead atoms. The van der Waals surface area contributed by atoms with Crippen LogP contribution in [0.2, 0.25) is 0 Å². The molecule has 4 heteroatoms. The molecular weight excluding hydrogens is 204 g/mol. The molecule has 0 amide bonds. The molecule has 78 valence electrons. The van der Waals surface area contributed by atoms with Crippen molar-refractivity contribution in [2.24, 2.45) is 0 Å². The van der Waals surface area contributed by atoms with Gasteiger partial charge in [-0.1, -0.05) is 18.2 Å². The smallest absolute Gasteiger partial charge is 0.250 e. The average Bonchev–Trinajstić information content (AvgIpc) is 2.18. The summed E-state index contributed by atoms with van der Waals surface area (Å²) in [7, 11) is 0. The summed E-state index contributed by atoms with van der Waals surface area (Å²) in [6, 6.07) is 9.92. The van der Waals surface area contributed by atoms with Gasteiger partial charge in [-0.25, -0.2) is 8.78 Å². The van der Waals surface area contributed by atoms with Crippen molar-refractivity contribution in [3.63, 3.8) is 0 Å². The minimum Gasteiger partial charge on any atom is -0.311 e. The van der Waals surface area contributed by atoms with Crippen LogP contribution in [0, 0.1) is 0 Å². The summed E-state index contributed by atoms with van der Waals surface area (Å²) in [6.45, 7) is 0.402. The van der Waals surface area contributed by atoms with E-state index < -0.39 is 6.43 Å². The highest BCUT2D eigenvalue weighted by atomic mass is 32.2. The second-order valence-corrected chi connectivity index (χ2v) is 3.93. The van der Waals surface area contributed by atoms with Crippen LogP contribution < -0.4 is 5.32 Å². The topological polar surface area (TPSA) is 12.0 Å². The molecule has 0 aliphatic carbocycles. The number of benzene rings is 1. The first kappa shape index (κ1) is 11.5. The highest BCUT2D eigenvalue weighted by Gasteiger charge is 1.99. The van der Waals surface area contributed by atoms with Gasteiger partial charge in [-0.2, -0.15) is 0 Å². The molecular formula is C10H13F2NS. The third kappa shape index (κ3) is 5.19. The molecule has 0 spiro atoms. The van der Waals surface area contributed by atoms with Gasteiger partial charge < -0.3 is 5.32 Å². The van der Waals surface area contributed by atoms with E-state index >= 15 is 0 Å². The predicted molar refractivity (Wildman–Crippen MR) is 56.0 cm³/mol. The first-order valence-electron chi connectivity index (χ1n) is 4.46. The maximum atomic E-state index is 11.7. The van der Waals surface area contributed by atoms with E-state index in [9.17, 15) is 8.78 Å². The Morgan fingerprint density at radius 1 is 1.21 bits per heavy atom. The molecule has 0 aliphatic rings. The Balaban J connectivity index is 2.05. The quantitative estimate of drug-likeness (QED) is 0.580. The zero-order valence-electron chi connectivity index (χ0n) is 7.75. The predicted octanol–water partition coefficient (Wildman–Crippen LogP) is 2.63. The van der Waals surface area contributed by atoms with Crippen molar-refractivity contribution < 1.29 is 8.78 Å². The maximum absolute atomic E-state index is 11.7. The fourth-order valence-electron chi connectivity index (χ4n) is 0.969. The molecule has 0 aromatic heterocycles. The Bertz CT molecular complexity index is 241. The Morgan fingerprint density at radius 2 is 1.93 bits per heavy atom. The molecule has 1 N–H and O–H groups in total. The second kappa shape index (κ2) is 6.79. The van der Waals surface area contributed by atoms with Gasteiger partial charge in [0, 0.05) is 17.2 Å². The molecule has 0 aliphatic heterocycles. The number of hydrogen-bond donors (Lipinski definition) is 1. The third-order valence-electron chi connectivity index (χ3n) is 1.59. The van der Waals surface area contributed by atoms with Crippen molar-refractivity contribution in [3.05, 3.63) is 30.3 Å². The van der Waals surface area contributed by atoms with Gasteiger partial charge in [0.2, 0.25) is 0 Å². The maximum Gasteiger partial charge on any atom is 0.250 e. The third-order valence-corrected chi connectivity index (χ3v) is 2.60. The van der Waals surface area contributed by atoms with Crippen molar-refractivity contribution in [1.29, 1.82) is 0 Å². The van der Waals surface area contributed by atoms with Crippen LogP contribution in [0.1, 0.15) is 0 Å². The van der Waals surface area contributed by atoms with E-state index in [1.807, 2.05) is 30.3 Å². The Morgan fingerprint density at radius 3 is 2.57 bits per heavy atom. The van der Waals surface area contributed by atoms with Crippen LogP contribution in [0.15, 0.2) is 35.2 Å². The van der Waals surface area contributed by atoms with E-state index in [1.54, 1.807) is 11.8 Å². The number of thioether (sulfide) groups is 1. The van der Waals surface area contributed by atoms with Gasteiger partial charge in [0.1, 0.15) is 0 Å². The molecule has 0 heterocycles. The zero-order chi connectivity index (χ0) is 10.2. The molecule has 0 saturated heterocycles. The SMILES string of the molecule is FC(F)CNCCSc1ccccc1. The zero-order valence-corrected chi connectivity index (χ0v) is 8.57. The lowest BCUT2D eigenvalue weighted by Crippen LogP contribution is -2.23. The Kier molecular flexibility index (Phi) is 5.56. The first-order chi connectivity index (χ1) is 6.79. The average molecular weight is 217 g/mol. The van der Waals surface area contributed by atoms with Crippen LogP contribution in [0.5, 0.6) is 0 Å². The summed E-state index contributed by atoms with van der Waals surface area (Å²) in [5.41, 5.74) is 0. The van der Waals surface area contributed by atoms with Crippen molar-refractivity contribution in [3.8, 4) is 0 Å². The van der Waals surface area contributed by atoms with Gasteiger partial charge in [-0.3, -0.25) is 0 Å². The van der Waals surface area contributed by atoms with Gasteiger partial charge in [0.15, 0.2) is 0 Å². The van der Waals surface area contributed by atoms with Crippen molar-refractivity contribution in [2.75, 3.05) is 18.8 Å². The fraction of sp³-hybridized carbons (Fsp3) is 0.400. The van der Waals surface area contributed by atoms with Crippen LogP contribution in [0.4, 0.5) is 8.78 Å². The van der Waals surface area contributed by atoms with Gasteiger partial charge in [-0.15, -0.1) is 11.8 Å². The van der Waals surface area contributed by atoms with E-state index in [2.05, 4.69) is 5.32 Å². The van der Waals surface area contributed by atoms with E-state index in [1.165, 1.54) is 4.90 Å². The molecule has 1 aromatic rings. The molecule has 0 saturated carbocycles. The number of nitrogens with one attached hydrogen (secondary N) is 1. The number of hydrogen-bond acceptors (Lipinski definition) is 2. The first-order valence-corrected chi connectivity index (χ1v) is 5.44. The number of halogens is 2. The highest BCUT2D eigenvalue weighted by molar-refractivity contribution is 7.99. The summed E-state index contributed by atoms with van der Waals surface area (Å²) in [5.74, 6) is 0.816. The van der Waals surface area contributed by atoms with Crippen molar-refractivity contribution >= 4 is 11.8 Å². The minimum absolute atomic E-state index is 0.213. The van der Waals surface area contributed by atoms with E-state index in [-0.39, 0.29) is 6.54 Å². The standard InChI is InChI=1S/C10H13F2NS/c11-10(12)8-13-6-7-14-9-4-2-1-3-5-9/h1-5,10,13H,6-8H2. The van der Waals surface area contributed by atoms with E-state index in [0.29, 0.717) is 6.54 Å². The van der Waals surface area contributed by atoms with Crippen LogP contribution in [0.25, 0.3) is 0 Å². The molecule has 0 unspecified atom stereocenters. The normalized spacial score (nSPS) is 10.8. The number of alkyl halides is 2. The summed E-state index contributed by atoms with van der Waals surface area (Å²) < 4.78 is 23.4. The van der Waals surface area contributed by atoms with E-state index in [0.717, 1.165) is 5.75 Å². The lowest BCUT2D eigenvalue weighted by molar-refractivity contribution is 0.147. The highest BCUT2D eigenvalue weighted by Crippen LogP contribution is 2.15. The number of rotatable bonds is 6.